The number of benzene rings is 2. The van der Waals surface area contributed by atoms with E-state index in [1.165, 1.54) is 10.5 Å². The first-order chi connectivity index (χ1) is 15.9. The lowest BCUT2D eigenvalue weighted by molar-refractivity contribution is -0.166. The molecule has 6 heteroatoms. The highest BCUT2D eigenvalue weighted by molar-refractivity contribution is 5.83. The molecule has 1 aliphatic rings. The normalized spacial score (nSPS) is 14.4. The molecule has 1 amide bonds. The summed E-state index contributed by atoms with van der Waals surface area (Å²) >= 11 is 0. The Kier molecular flexibility index (Phi) is 7.51. The number of carbonyl (C=O) groups is 2. The van der Waals surface area contributed by atoms with Crippen LogP contribution in [0, 0.1) is 20.8 Å². The average Bonchev–Trinajstić information content (AvgIpc) is 3.21. The van der Waals surface area contributed by atoms with E-state index in [1.807, 2.05) is 65.8 Å². The molecule has 34 heavy (non-hydrogen) atoms. The van der Waals surface area contributed by atoms with Crippen molar-refractivity contribution in [2.45, 2.75) is 73.3 Å². The van der Waals surface area contributed by atoms with Crippen LogP contribution in [0.4, 0.5) is 4.79 Å². The van der Waals surface area contributed by atoms with Gasteiger partial charge in [0.15, 0.2) is 6.10 Å². The lowest BCUT2D eigenvalue weighted by Gasteiger charge is -2.30. The third-order valence-electron chi connectivity index (χ3n) is 6.09. The van der Waals surface area contributed by atoms with E-state index in [4.69, 9.17) is 9.47 Å². The fraction of sp³-hybridized carbons (Fsp3) is 0.429. The van der Waals surface area contributed by atoms with Crippen molar-refractivity contribution >= 4 is 24.2 Å². The molecule has 1 N–H and O–H groups in total. The van der Waals surface area contributed by atoms with Crippen molar-refractivity contribution in [3.8, 4) is 0 Å². The number of hydrogen-bond acceptors (Lipinski definition) is 4. The van der Waals surface area contributed by atoms with Gasteiger partial charge in [-0.2, -0.15) is 0 Å². The Morgan fingerprint density at radius 1 is 1.03 bits per heavy atom. The summed E-state index contributed by atoms with van der Waals surface area (Å²) < 4.78 is 11.7. The molecule has 0 fully saturated rings. The van der Waals surface area contributed by atoms with Gasteiger partial charge in [-0.25, -0.2) is 9.59 Å². The summed E-state index contributed by atoms with van der Waals surface area (Å²) in [4.78, 5) is 26.3. The molecule has 3 rings (SSSR count). The first-order valence-corrected chi connectivity index (χ1v) is 11.6. The SMILES string of the molecule is CCOC(=O)C(OC(C)(C)C)c1c(C)c2c(c(C)c1C=Cc1ccc(C)cc1)CN(C(=O)O)C2. The smallest absolute Gasteiger partial charge is 0.407 e. The predicted molar refractivity (Wildman–Crippen MR) is 134 cm³/mol. The van der Waals surface area contributed by atoms with Crippen LogP contribution in [0.3, 0.4) is 0 Å². The second kappa shape index (κ2) is 10.0. The third kappa shape index (κ3) is 5.50. The number of fused-ring (bicyclic) bond motifs is 1. The van der Waals surface area contributed by atoms with Crippen LogP contribution in [-0.4, -0.2) is 34.3 Å². The molecule has 1 unspecified atom stereocenters. The van der Waals surface area contributed by atoms with Gasteiger partial charge in [0, 0.05) is 18.7 Å². The molecular formula is C28H35NO5. The zero-order valence-electron chi connectivity index (χ0n) is 21.2. The summed E-state index contributed by atoms with van der Waals surface area (Å²) in [6, 6.07) is 8.19. The van der Waals surface area contributed by atoms with Gasteiger partial charge < -0.3 is 14.6 Å². The van der Waals surface area contributed by atoms with Crippen molar-refractivity contribution in [1.82, 2.24) is 4.90 Å². The minimum Gasteiger partial charge on any atom is -0.465 e. The molecule has 0 aromatic heterocycles. The first kappa shape index (κ1) is 25.5. The number of esters is 1. The van der Waals surface area contributed by atoms with E-state index in [0.717, 1.165) is 38.9 Å². The summed E-state index contributed by atoms with van der Waals surface area (Å²) in [5.74, 6) is -0.446. The molecule has 2 aromatic carbocycles. The van der Waals surface area contributed by atoms with Crippen molar-refractivity contribution in [3.05, 3.63) is 68.8 Å². The van der Waals surface area contributed by atoms with Crippen molar-refractivity contribution in [1.29, 1.82) is 0 Å². The van der Waals surface area contributed by atoms with Gasteiger partial charge in [0.1, 0.15) is 0 Å². The first-order valence-electron chi connectivity index (χ1n) is 11.6. The second-order valence-corrected chi connectivity index (χ2v) is 9.78. The maximum Gasteiger partial charge on any atom is 0.407 e. The van der Waals surface area contributed by atoms with Gasteiger partial charge in [0.2, 0.25) is 0 Å². The van der Waals surface area contributed by atoms with Gasteiger partial charge in [-0.05, 0) is 81.8 Å². The fourth-order valence-electron chi connectivity index (χ4n) is 4.39. The highest BCUT2D eigenvalue weighted by Crippen LogP contribution is 2.40. The molecule has 182 valence electrons. The zero-order chi connectivity index (χ0) is 25.2. The highest BCUT2D eigenvalue weighted by atomic mass is 16.6. The van der Waals surface area contributed by atoms with Gasteiger partial charge in [-0.15, -0.1) is 0 Å². The minimum absolute atomic E-state index is 0.243. The van der Waals surface area contributed by atoms with E-state index in [2.05, 4.69) is 12.1 Å². The van der Waals surface area contributed by atoms with Crippen LogP contribution in [0.15, 0.2) is 24.3 Å². The molecular weight excluding hydrogens is 430 g/mol. The molecule has 1 heterocycles. The van der Waals surface area contributed by atoms with Crippen LogP contribution in [0.1, 0.15) is 78.3 Å². The van der Waals surface area contributed by atoms with Crippen LogP contribution in [0.5, 0.6) is 0 Å². The summed E-state index contributed by atoms with van der Waals surface area (Å²) in [5, 5.41) is 9.61. The van der Waals surface area contributed by atoms with Crippen LogP contribution >= 0.6 is 0 Å². The van der Waals surface area contributed by atoms with Gasteiger partial charge in [0.25, 0.3) is 0 Å². The molecule has 2 aromatic rings. The molecule has 0 radical (unpaired) electrons. The number of hydrogen-bond donors (Lipinski definition) is 1. The van der Waals surface area contributed by atoms with E-state index in [-0.39, 0.29) is 13.2 Å². The Morgan fingerprint density at radius 2 is 1.62 bits per heavy atom. The summed E-state index contributed by atoms with van der Waals surface area (Å²) in [7, 11) is 0. The maximum atomic E-state index is 13.1. The number of carboxylic acid groups (broad SMARTS) is 1. The summed E-state index contributed by atoms with van der Waals surface area (Å²) in [6.45, 7) is 14.3. The highest BCUT2D eigenvalue weighted by Gasteiger charge is 2.36. The van der Waals surface area contributed by atoms with Gasteiger partial charge in [-0.3, -0.25) is 4.90 Å². The Morgan fingerprint density at radius 3 is 2.15 bits per heavy atom. The van der Waals surface area contributed by atoms with Crippen molar-refractivity contribution in [2.75, 3.05) is 6.61 Å². The molecule has 0 saturated heterocycles. The largest absolute Gasteiger partial charge is 0.465 e. The molecule has 0 saturated carbocycles. The number of carbonyl (C=O) groups excluding carboxylic acids is 1. The van der Waals surface area contributed by atoms with Crippen LogP contribution < -0.4 is 0 Å². The van der Waals surface area contributed by atoms with Crippen molar-refractivity contribution in [3.63, 3.8) is 0 Å². The number of ether oxygens (including phenoxy) is 2. The lowest BCUT2D eigenvalue weighted by Crippen LogP contribution is -2.30. The summed E-state index contributed by atoms with van der Waals surface area (Å²) in [5.41, 5.74) is 6.97. The number of nitrogens with zero attached hydrogens (tertiary/aromatic N) is 1. The Bertz CT molecular complexity index is 1110. The van der Waals surface area contributed by atoms with E-state index < -0.39 is 23.8 Å². The monoisotopic (exact) mass is 465 g/mol. The van der Waals surface area contributed by atoms with Crippen LogP contribution in [0.2, 0.25) is 0 Å². The van der Waals surface area contributed by atoms with Crippen LogP contribution in [0.25, 0.3) is 12.2 Å². The molecule has 1 aliphatic heterocycles. The van der Waals surface area contributed by atoms with Gasteiger partial charge in [-0.1, -0.05) is 42.0 Å². The van der Waals surface area contributed by atoms with Gasteiger partial charge >= 0.3 is 12.1 Å². The molecule has 6 nitrogen and oxygen atoms in total. The molecule has 1 atom stereocenters. The molecule has 0 bridgehead atoms. The Labute approximate surface area is 202 Å². The topological polar surface area (TPSA) is 76.1 Å². The van der Waals surface area contributed by atoms with E-state index in [9.17, 15) is 14.7 Å². The van der Waals surface area contributed by atoms with E-state index in [0.29, 0.717) is 6.54 Å². The Hall–Kier alpha value is -3.12. The number of rotatable bonds is 6. The fourth-order valence-corrected chi connectivity index (χ4v) is 4.39. The summed E-state index contributed by atoms with van der Waals surface area (Å²) in [6.07, 6.45) is 2.13. The predicted octanol–water partition coefficient (Wildman–Crippen LogP) is 6.20. The Balaban J connectivity index is 2.24. The van der Waals surface area contributed by atoms with Gasteiger partial charge in [0.05, 0.1) is 12.2 Å². The maximum absolute atomic E-state index is 13.1. The standard InChI is InChI=1S/C28H35NO5/c1-8-33-26(30)25(34-28(5,6)7)24-19(4)23-16-29(27(31)32)15-22(23)18(3)21(24)14-13-20-11-9-17(2)10-12-20/h9-14,25H,8,15-16H2,1-7H3,(H,31,32). The number of aryl methyl sites for hydroxylation is 1. The molecule has 0 aliphatic carbocycles. The van der Waals surface area contributed by atoms with Crippen molar-refractivity contribution in [2.24, 2.45) is 0 Å². The van der Waals surface area contributed by atoms with Crippen molar-refractivity contribution < 1.29 is 24.2 Å². The number of amides is 1. The quantitative estimate of drug-likeness (QED) is 0.406. The van der Waals surface area contributed by atoms with E-state index >= 15 is 0 Å². The second-order valence-electron chi connectivity index (χ2n) is 9.78. The van der Waals surface area contributed by atoms with Crippen LogP contribution in [-0.2, 0) is 27.4 Å². The third-order valence-corrected chi connectivity index (χ3v) is 6.09. The molecule has 0 spiro atoms. The van der Waals surface area contributed by atoms with E-state index in [1.54, 1.807) is 6.92 Å². The lowest BCUT2D eigenvalue weighted by atomic mass is 9.85. The minimum atomic E-state index is -0.957. The zero-order valence-corrected chi connectivity index (χ0v) is 21.2. The average molecular weight is 466 g/mol.